The van der Waals surface area contributed by atoms with Gasteiger partial charge in [-0.05, 0) is 36.1 Å². The van der Waals surface area contributed by atoms with Crippen LogP contribution in [0.5, 0.6) is 0 Å². The molecule has 0 saturated carbocycles. The van der Waals surface area contributed by atoms with Crippen LogP contribution in [0.2, 0.25) is 0 Å². The largest absolute Gasteiger partial charge is 0.326 e. The summed E-state index contributed by atoms with van der Waals surface area (Å²) in [6.45, 7) is 2.11. The normalized spacial score (nSPS) is 11.9. The summed E-state index contributed by atoms with van der Waals surface area (Å²) in [5.41, 5.74) is 9.26. The van der Waals surface area contributed by atoms with E-state index < -0.39 is 0 Å². The molecule has 3 N–H and O–H groups in total. The first-order chi connectivity index (χ1) is 10.2. The third-order valence-corrected chi connectivity index (χ3v) is 3.56. The number of rotatable bonds is 6. The molecule has 0 spiro atoms. The van der Waals surface area contributed by atoms with Gasteiger partial charge in [-0.1, -0.05) is 49.4 Å². The summed E-state index contributed by atoms with van der Waals surface area (Å²) in [4.78, 5) is 11.9. The molecule has 2 rings (SSSR count). The monoisotopic (exact) mass is 282 g/mol. The quantitative estimate of drug-likeness (QED) is 0.849. The fourth-order valence-corrected chi connectivity index (χ4v) is 2.20. The molecule has 1 atom stereocenters. The molecule has 0 saturated heterocycles. The second kappa shape index (κ2) is 7.60. The molecule has 0 heterocycles. The Balaban J connectivity index is 1.81. The van der Waals surface area contributed by atoms with Gasteiger partial charge in [0.15, 0.2) is 0 Å². The summed E-state index contributed by atoms with van der Waals surface area (Å²) < 4.78 is 0. The minimum Gasteiger partial charge on any atom is -0.326 e. The van der Waals surface area contributed by atoms with Crippen LogP contribution >= 0.6 is 0 Å². The molecule has 0 aliphatic rings. The van der Waals surface area contributed by atoms with Crippen LogP contribution in [0.4, 0.5) is 5.69 Å². The number of nitrogens with two attached hydrogens (primary N) is 1. The summed E-state index contributed by atoms with van der Waals surface area (Å²) in [6.07, 6.45) is 2.06. The van der Waals surface area contributed by atoms with Crippen molar-refractivity contribution in [2.24, 2.45) is 5.73 Å². The number of nitrogens with one attached hydrogen (secondary N) is 1. The first-order valence-corrected chi connectivity index (χ1v) is 7.38. The zero-order valence-corrected chi connectivity index (χ0v) is 12.4. The fourth-order valence-electron chi connectivity index (χ4n) is 2.20. The predicted molar refractivity (Wildman–Crippen MR) is 87.1 cm³/mol. The van der Waals surface area contributed by atoms with Crippen molar-refractivity contribution >= 4 is 11.6 Å². The molecule has 0 fully saturated rings. The van der Waals surface area contributed by atoms with Gasteiger partial charge in [-0.15, -0.1) is 0 Å². The topological polar surface area (TPSA) is 55.1 Å². The number of carbonyl (C=O) groups is 1. The van der Waals surface area contributed by atoms with Crippen molar-refractivity contribution in [2.45, 2.75) is 32.2 Å². The number of hydrogen-bond donors (Lipinski definition) is 2. The van der Waals surface area contributed by atoms with Gasteiger partial charge >= 0.3 is 0 Å². The Hall–Kier alpha value is -2.13. The van der Waals surface area contributed by atoms with Crippen LogP contribution in [0, 0.1) is 0 Å². The zero-order valence-electron chi connectivity index (χ0n) is 12.4. The number of anilines is 1. The molecule has 3 heteroatoms. The molecule has 110 valence electrons. The van der Waals surface area contributed by atoms with Gasteiger partial charge in [0.1, 0.15) is 0 Å². The molecule has 0 aliphatic carbocycles. The van der Waals surface area contributed by atoms with Crippen molar-refractivity contribution in [2.75, 3.05) is 5.32 Å². The lowest BCUT2D eigenvalue weighted by Gasteiger charge is -2.12. The number of amides is 1. The van der Waals surface area contributed by atoms with Crippen molar-refractivity contribution in [3.8, 4) is 0 Å². The average Bonchev–Trinajstić information content (AvgIpc) is 2.54. The van der Waals surface area contributed by atoms with Gasteiger partial charge in [-0.25, -0.2) is 0 Å². The number of benzene rings is 2. The summed E-state index contributed by atoms with van der Waals surface area (Å²) in [5, 5.41) is 2.91. The van der Waals surface area contributed by atoms with Crippen molar-refractivity contribution < 1.29 is 4.79 Å². The maximum Gasteiger partial charge on any atom is 0.224 e. The van der Waals surface area contributed by atoms with E-state index in [2.05, 4.69) is 12.2 Å². The van der Waals surface area contributed by atoms with E-state index in [0.717, 1.165) is 17.7 Å². The first kappa shape index (κ1) is 15.3. The number of hydrogen-bond acceptors (Lipinski definition) is 2. The van der Waals surface area contributed by atoms with E-state index in [1.165, 1.54) is 5.56 Å². The maximum absolute atomic E-state index is 11.9. The van der Waals surface area contributed by atoms with Crippen molar-refractivity contribution in [1.82, 2.24) is 0 Å². The standard InChI is InChI=1S/C18H22N2O/c1-2-14-8-10-16(11-9-14)20-18(21)13-12-17(19)15-6-4-3-5-7-15/h3-11,17H,2,12-13,19H2,1H3,(H,20,21). The summed E-state index contributed by atoms with van der Waals surface area (Å²) in [5.74, 6) is 0.00521. The van der Waals surface area contributed by atoms with Crippen molar-refractivity contribution in [3.63, 3.8) is 0 Å². The highest BCUT2D eigenvalue weighted by molar-refractivity contribution is 5.90. The van der Waals surface area contributed by atoms with Crippen LogP contribution in [-0.4, -0.2) is 5.91 Å². The Morgan fingerprint density at radius 3 is 2.38 bits per heavy atom. The van der Waals surface area contributed by atoms with Gasteiger partial charge in [-0.3, -0.25) is 4.79 Å². The Kier molecular flexibility index (Phi) is 5.52. The van der Waals surface area contributed by atoms with Crippen LogP contribution in [0.15, 0.2) is 54.6 Å². The van der Waals surface area contributed by atoms with Crippen LogP contribution in [-0.2, 0) is 11.2 Å². The van der Waals surface area contributed by atoms with Crippen molar-refractivity contribution in [1.29, 1.82) is 0 Å². The summed E-state index contributed by atoms with van der Waals surface area (Å²) in [7, 11) is 0. The number of aryl methyl sites for hydroxylation is 1. The van der Waals surface area contributed by atoms with Crippen molar-refractivity contribution in [3.05, 3.63) is 65.7 Å². The van der Waals surface area contributed by atoms with Crippen LogP contribution < -0.4 is 11.1 Å². The molecular formula is C18H22N2O. The zero-order chi connectivity index (χ0) is 15.1. The first-order valence-electron chi connectivity index (χ1n) is 7.38. The molecule has 0 bridgehead atoms. The molecule has 0 aromatic heterocycles. The Labute approximate surface area is 126 Å². The highest BCUT2D eigenvalue weighted by Gasteiger charge is 2.09. The summed E-state index contributed by atoms with van der Waals surface area (Å²) >= 11 is 0. The van der Waals surface area contributed by atoms with E-state index in [-0.39, 0.29) is 11.9 Å². The fraction of sp³-hybridized carbons (Fsp3) is 0.278. The lowest BCUT2D eigenvalue weighted by molar-refractivity contribution is -0.116. The molecule has 1 amide bonds. The molecular weight excluding hydrogens is 260 g/mol. The summed E-state index contributed by atoms with van der Waals surface area (Å²) in [6, 6.07) is 17.7. The van der Waals surface area contributed by atoms with Gasteiger partial charge in [0.05, 0.1) is 0 Å². The molecule has 0 radical (unpaired) electrons. The molecule has 2 aromatic rings. The third kappa shape index (κ3) is 4.72. The Morgan fingerprint density at radius 2 is 1.76 bits per heavy atom. The van der Waals surface area contributed by atoms with Crippen LogP contribution in [0.3, 0.4) is 0 Å². The molecule has 0 aliphatic heterocycles. The van der Waals surface area contributed by atoms with Gasteiger partial charge in [-0.2, -0.15) is 0 Å². The minimum absolute atomic E-state index is 0.00521. The van der Waals surface area contributed by atoms with E-state index in [9.17, 15) is 4.79 Å². The number of carbonyl (C=O) groups excluding carboxylic acids is 1. The molecule has 2 aromatic carbocycles. The van der Waals surface area contributed by atoms with Gasteiger partial charge < -0.3 is 11.1 Å². The SMILES string of the molecule is CCc1ccc(NC(=O)CCC(N)c2ccccc2)cc1. The molecule has 21 heavy (non-hydrogen) atoms. The van der Waals surface area contributed by atoms with E-state index in [1.54, 1.807) is 0 Å². The van der Waals surface area contributed by atoms with E-state index in [0.29, 0.717) is 12.8 Å². The van der Waals surface area contributed by atoms with Crippen LogP contribution in [0.1, 0.15) is 36.9 Å². The van der Waals surface area contributed by atoms with Gasteiger partial charge in [0.2, 0.25) is 5.91 Å². The Bertz CT molecular complexity index is 564. The molecule has 3 nitrogen and oxygen atoms in total. The van der Waals surface area contributed by atoms with E-state index in [1.807, 2.05) is 54.6 Å². The molecule has 1 unspecified atom stereocenters. The maximum atomic E-state index is 11.9. The highest BCUT2D eigenvalue weighted by Crippen LogP contribution is 2.16. The van der Waals surface area contributed by atoms with E-state index >= 15 is 0 Å². The lowest BCUT2D eigenvalue weighted by atomic mass is 10.0. The second-order valence-corrected chi connectivity index (χ2v) is 5.15. The second-order valence-electron chi connectivity index (χ2n) is 5.15. The smallest absolute Gasteiger partial charge is 0.224 e. The van der Waals surface area contributed by atoms with Gasteiger partial charge in [0.25, 0.3) is 0 Å². The van der Waals surface area contributed by atoms with Crippen LogP contribution in [0.25, 0.3) is 0 Å². The van der Waals surface area contributed by atoms with E-state index in [4.69, 9.17) is 5.73 Å². The minimum atomic E-state index is -0.0978. The third-order valence-electron chi connectivity index (χ3n) is 3.56. The van der Waals surface area contributed by atoms with Gasteiger partial charge in [0, 0.05) is 18.2 Å². The highest BCUT2D eigenvalue weighted by atomic mass is 16.1. The lowest BCUT2D eigenvalue weighted by Crippen LogP contribution is -2.16. The Morgan fingerprint density at radius 1 is 1.10 bits per heavy atom. The average molecular weight is 282 g/mol. The predicted octanol–water partition coefficient (Wildman–Crippen LogP) is 3.67.